The van der Waals surface area contributed by atoms with Gasteiger partial charge in [0.1, 0.15) is 0 Å². The van der Waals surface area contributed by atoms with Crippen LogP contribution in [-0.2, 0) is 21.7 Å². The summed E-state index contributed by atoms with van der Waals surface area (Å²) in [5.41, 5.74) is 0.372. The minimum absolute atomic E-state index is 0.122. The standard InChI is InChI=1S/C21H21N3O3/c1-2-27-21(16-9-5-3-6-10-16,17-11-7-4-8-12-17)20(26)22-14-18-13-19(25)24-15-23-18/h3-13,15H,2,14H2,1H3,(H,22,26)(H,23,24,25). The molecule has 138 valence electrons. The summed E-state index contributed by atoms with van der Waals surface area (Å²) in [6, 6.07) is 20.1. The molecule has 0 unspecified atom stereocenters. The second-order valence-corrected chi connectivity index (χ2v) is 5.93. The molecule has 0 aliphatic carbocycles. The second kappa shape index (κ2) is 8.42. The van der Waals surface area contributed by atoms with Crippen LogP contribution in [0.1, 0.15) is 23.7 Å². The fourth-order valence-electron chi connectivity index (χ4n) is 3.02. The summed E-state index contributed by atoms with van der Waals surface area (Å²) >= 11 is 0. The third-order valence-electron chi connectivity index (χ3n) is 4.21. The Morgan fingerprint density at radius 1 is 1.07 bits per heavy atom. The van der Waals surface area contributed by atoms with Crippen molar-refractivity contribution in [3.05, 3.63) is 100 Å². The summed E-state index contributed by atoms with van der Waals surface area (Å²) < 4.78 is 6.08. The van der Waals surface area contributed by atoms with Gasteiger partial charge in [-0.3, -0.25) is 9.59 Å². The fraction of sp³-hybridized carbons (Fsp3) is 0.190. The van der Waals surface area contributed by atoms with E-state index in [2.05, 4.69) is 15.3 Å². The van der Waals surface area contributed by atoms with E-state index in [-0.39, 0.29) is 18.0 Å². The molecule has 0 aliphatic rings. The lowest BCUT2D eigenvalue weighted by Crippen LogP contribution is -2.47. The van der Waals surface area contributed by atoms with Gasteiger partial charge in [0.25, 0.3) is 11.5 Å². The van der Waals surface area contributed by atoms with Gasteiger partial charge in [-0.25, -0.2) is 4.98 Å². The Bertz CT molecular complexity index is 900. The summed E-state index contributed by atoms with van der Waals surface area (Å²) in [5, 5.41) is 2.87. The number of benzene rings is 2. The molecule has 1 heterocycles. The highest BCUT2D eigenvalue weighted by Gasteiger charge is 2.42. The number of hydrogen-bond donors (Lipinski definition) is 2. The number of H-pyrrole nitrogens is 1. The molecule has 3 aromatic rings. The Labute approximate surface area is 157 Å². The van der Waals surface area contributed by atoms with Crippen molar-refractivity contribution in [1.82, 2.24) is 15.3 Å². The molecule has 6 nitrogen and oxygen atoms in total. The van der Waals surface area contributed by atoms with Crippen molar-refractivity contribution in [1.29, 1.82) is 0 Å². The summed E-state index contributed by atoms with van der Waals surface area (Å²) in [4.78, 5) is 31.3. The Morgan fingerprint density at radius 2 is 1.67 bits per heavy atom. The Morgan fingerprint density at radius 3 is 2.19 bits per heavy atom. The highest BCUT2D eigenvalue weighted by atomic mass is 16.5. The quantitative estimate of drug-likeness (QED) is 0.675. The molecule has 6 heteroatoms. The van der Waals surface area contributed by atoms with E-state index in [0.29, 0.717) is 12.3 Å². The Hall–Kier alpha value is -3.25. The maximum Gasteiger partial charge on any atom is 0.261 e. The summed E-state index contributed by atoms with van der Waals surface area (Å²) in [5.74, 6) is -0.316. The largest absolute Gasteiger partial charge is 0.356 e. The molecule has 0 saturated heterocycles. The number of hydrogen-bond acceptors (Lipinski definition) is 4. The molecule has 1 aromatic heterocycles. The van der Waals surface area contributed by atoms with Crippen molar-refractivity contribution in [2.45, 2.75) is 19.1 Å². The predicted molar refractivity (Wildman–Crippen MR) is 102 cm³/mol. The van der Waals surface area contributed by atoms with Gasteiger partial charge in [-0.15, -0.1) is 0 Å². The molecule has 0 fully saturated rings. The Balaban J connectivity index is 2.00. The van der Waals surface area contributed by atoms with Crippen LogP contribution in [0.5, 0.6) is 0 Å². The van der Waals surface area contributed by atoms with E-state index in [4.69, 9.17) is 4.74 Å². The molecule has 0 atom stereocenters. The molecule has 0 bridgehead atoms. The molecule has 0 radical (unpaired) electrons. The predicted octanol–water partition coefficient (Wildman–Crippen LogP) is 2.37. The molecule has 27 heavy (non-hydrogen) atoms. The Kier molecular flexibility index (Phi) is 5.78. The number of nitrogens with one attached hydrogen (secondary N) is 2. The van der Waals surface area contributed by atoms with Gasteiger partial charge in [-0.2, -0.15) is 0 Å². The lowest BCUT2D eigenvalue weighted by atomic mass is 9.85. The number of amides is 1. The van der Waals surface area contributed by atoms with E-state index in [0.717, 1.165) is 11.1 Å². The van der Waals surface area contributed by atoms with Gasteiger partial charge in [0, 0.05) is 12.7 Å². The third-order valence-corrected chi connectivity index (χ3v) is 4.21. The zero-order chi connectivity index (χ0) is 19.1. The van der Waals surface area contributed by atoms with Crippen LogP contribution in [-0.4, -0.2) is 22.5 Å². The first-order valence-corrected chi connectivity index (χ1v) is 8.73. The highest BCUT2D eigenvalue weighted by molar-refractivity contribution is 5.90. The molecule has 0 saturated carbocycles. The van der Waals surface area contributed by atoms with Gasteiger partial charge < -0.3 is 15.0 Å². The van der Waals surface area contributed by atoms with Crippen molar-refractivity contribution in [3.8, 4) is 0 Å². The first-order valence-electron chi connectivity index (χ1n) is 8.73. The maximum atomic E-state index is 13.4. The van der Waals surface area contributed by atoms with Crippen LogP contribution in [0.2, 0.25) is 0 Å². The van der Waals surface area contributed by atoms with Crippen molar-refractivity contribution in [3.63, 3.8) is 0 Å². The molecule has 1 amide bonds. The number of aromatic nitrogens is 2. The van der Waals surface area contributed by atoms with E-state index in [1.165, 1.54) is 12.4 Å². The first-order chi connectivity index (χ1) is 13.2. The van der Waals surface area contributed by atoms with E-state index in [1.54, 1.807) is 0 Å². The lowest BCUT2D eigenvalue weighted by Gasteiger charge is -2.33. The van der Waals surface area contributed by atoms with Crippen molar-refractivity contribution in [2.24, 2.45) is 0 Å². The zero-order valence-corrected chi connectivity index (χ0v) is 15.0. The number of rotatable bonds is 7. The van der Waals surface area contributed by atoms with Gasteiger partial charge in [-0.1, -0.05) is 60.7 Å². The number of ether oxygens (including phenoxy) is 1. The summed E-state index contributed by atoms with van der Waals surface area (Å²) in [6.45, 7) is 2.32. The normalized spacial score (nSPS) is 11.1. The average Bonchev–Trinajstić information content (AvgIpc) is 2.71. The van der Waals surface area contributed by atoms with Gasteiger partial charge in [0.2, 0.25) is 0 Å². The maximum absolute atomic E-state index is 13.4. The van der Waals surface area contributed by atoms with E-state index < -0.39 is 5.60 Å². The monoisotopic (exact) mass is 363 g/mol. The molecule has 2 N–H and O–H groups in total. The summed E-state index contributed by atoms with van der Waals surface area (Å²) in [6.07, 6.45) is 1.31. The fourth-order valence-corrected chi connectivity index (χ4v) is 3.02. The second-order valence-electron chi connectivity index (χ2n) is 5.93. The number of aromatic amines is 1. The first kappa shape index (κ1) is 18.5. The minimum Gasteiger partial charge on any atom is -0.356 e. The number of nitrogens with zero attached hydrogens (tertiary/aromatic N) is 1. The van der Waals surface area contributed by atoms with Gasteiger partial charge in [0.15, 0.2) is 5.60 Å². The van der Waals surface area contributed by atoms with Crippen LogP contribution in [0.25, 0.3) is 0 Å². The zero-order valence-electron chi connectivity index (χ0n) is 15.0. The van der Waals surface area contributed by atoms with Gasteiger partial charge >= 0.3 is 0 Å². The van der Waals surface area contributed by atoms with E-state index in [9.17, 15) is 9.59 Å². The van der Waals surface area contributed by atoms with Crippen LogP contribution in [0.15, 0.2) is 77.9 Å². The number of carbonyl (C=O) groups excluding carboxylic acids is 1. The smallest absolute Gasteiger partial charge is 0.261 e. The van der Waals surface area contributed by atoms with Crippen molar-refractivity contribution >= 4 is 5.91 Å². The van der Waals surface area contributed by atoms with Crippen LogP contribution in [0.4, 0.5) is 0 Å². The van der Waals surface area contributed by atoms with E-state index in [1.807, 2.05) is 67.6 Å². The van der Waals surface area contributed by atoms with Crippen LogP contribution >= 0.6 is 0 Å². The van der Waals surface area contributed by atoms with Crippen molar-refractivity contribution < 1.29 is 9.53 Å². The molecule has 0 aliphatic heterocycles. The summed E-state index contributed by atoms with van der Waals surface area (Å²) in [7, 11) is 0. The van der Waals surface area contributed by atoms with Gasteiger partial charge in [0.05, 0.1) is 18.6 Å². The van der Waals surface area contributed by atoms with Crippen LogP contribution in [0.3, 0.4) is 0 Å². The average molecular weight is 363 g/mol. The van der Waals surface area contributed by atoms with E-state index >= 15 is 0 Å². The van der Waals surface area contributed by atoms with Crippen molar-refractivity contribution in [2.75, 3.05) is 6.61 Å². The molecule has 2 aromatic carbocycles. The number of carbonyl (C=O) groups is 1. The molecular formula is C21H21N3O3. The molecule has 3 rings (SSSR count). The van der Waals surface area contributed by atoms with Crippen LogP contribution < -0.4 is 10.9 Å². The highest BCUT2D eigenvalue weighted by Crippen LogP contribution is 2.34. The lowest BCUT2D eigenvalue weighted by molar-refractivity contribution is -0.142. The molecular weight excluding hydrogens is 342 g/mol. The van der Waals surface area contributed by atoms with Gasteiger partial charge in [-0.05, 0) is 18.1 Å². The topological polar surface area (TPSA) is 84.1 Å². The van der Waals surface area contributed by atoms with Crippen LogP contribution in [0, 0.1) is 0 Å². The molecule has 0 spiro atoms. The SMILES string of the molecule is CCOC(C(=O)NCc1cc(=O)[nH]cn1)(c1ccccc1)c1ccccc1. The third kappa shape index (κ3) is 3.96. The minimum atomic E-state index is -1.29.